The number of fused-ring (bicyclic) bond motifs is 1. The zero-order valence-electron chi connectivity index (χ0n) is 14.9. The van der Waals surface area contributed by atoms with Crippen molar-refractivity contribution in [3.8, 4) is 5.75 Å². The van der Waals surface area contributed by atoms with Gasteiger partial charge in [0, 0.05) is 16.6 Å². The van der Waals surface area contributed by atoms with Crippen molar-refractivity contribution in [2.45, 2.75) is 11.8 Å². The first-order valence-corrected chi connectivity index (χ1v) is 9.83. The summed E-state index contributed by atoms with van der Waals surface area (Å²) in [4.78, 5) is 15.6. The van der Waals surface area contributed by atoms with Crippen LogP contribution in [0.2, 0.25) is 5.02 Å². The molecule has 1 heterocycles. The van der Waals surface area contributed by atoms with Crippen molar-refractivity contribution in [1.29, 1.82) is 0 Å². The summed E-state index contributed by atoms with van der Waals surface area (Å²) in [7, 11) is -1.09. The van der Waals surface area contributed by atoms with Gasteiger partial charge in [-0.2, -0.15) is 0 Å². The molecule has 0 unspecified atom stereocenters. The molecule has 0 radical (unpaired) electrons. The Morgan fingerprint density at radius 2 is 1.93 bits per heavy atom. The third-order valence-corrected chi connectivity index (χ3v) is 5.93. The number of aromatic amines is 1. The summed E-state index contributed by atoms with van der Waals surface area (Å²) >= 11 is 6.35. The van der Waals surface area contributed by atoms with Gasteiger partial charge in [-0.15, -0.1) is 0 Å². The molecule has 0 spiro atoms. The summed E-state index contributed by atoms with van der Waals surface area (Å²) in [5, 5.41) is 3.71. The first kappa shape index (κ1) is 19.2. The van der Waals surface area contributed by atoms with E-state index in [1.165, 1.54) is 26.3 Å². The first-order chi connectivity index (χ1) is 12.8. The van der Waals surface area contributed by atoms with Crippen LogP contribution in [0.1, 0.15) is 16.1 Å². The Morgan fingerprint density at radius 1 is 1.19 bits per heavy atom. The lowest BCUT2D eigenvalue weighted by Crippen LogP contribution is -2.20. The van der Waals surface area contributed by atoms with Crippen LogP contribution in [0, 0.1) is 6.92 Å². The lowest BCUT2D eigenvalue weighted by molar-refractivity contribution is 0.102. The van der Waals surface area contributed by atoms with E-state index in [1.807, 2.05) is 25.1 Å². The number of hydrogen-bond acceptors (Lipinski definition) is 4. The van der Waals surface area contributed by atoms with E-state index in [1.54, 1.807) is 6.07 Å². The Kier molecular flexibility index (Phi) is 5.14. The molecule has 7 nitrogen and oxygen atoms in total. The Hall–Kier alpha value is -2.55. The van der Waals surface area contributed by atoms with Crippen LogP contribution in [0.25, 0.3) is 10.9 Å². The number of anilines is 1. The molecule has 3 rings (SSSR count). The summed E-state index contributed by atoms with van der Waals surface area (Å²) in [5.74, 6) is -0.312. The molecular formula is C18H18ClN3O4S. The van der Waals surface area contributed by atoms with Gasteiger partial charge in [0.1, 0.15) is 16.3 Å². The zero-order valence-corrected chi connectivity index (χ0v) is 16.5. The smallest absolute Gasteiger partial charge is 0.273 e. The highest BCUT2D eigenvalue weighted by atomic mass is 35.5. The second-order valence-electron chi connectivity index (χ2n) is 5.89. The predicted molar refractivity (Wildman–Crippen MR) is 105 cm³/mol. The van der Waals surface area contributed by atoms with Gasteiger partial charge in [0.2, 0.25) is 10.0 Å². The largest absolute Gasteiger partial charge is 0.495 e. The zero-order chi connectivity index (χ0) is 19.8. The van der Waals surface area contributed by atoms with Gasteiger partial charge in [-0.1, -0.05) is 23.2 Å². The van der Waals surface area contributed by atoms with Gasteiger partial charge in [-0.05, 0) is 44.3 Å². The molecular weight excluding hydrogens is 390 g/mol. The number of carbonyl (C=O) groups is 1. The highest BCUT2D eigenvalue weighted by Crippen LogP contribution is 2.30. The molecule has 0 bridgehead atoms. The van der Waals surface area contributed by atoms with Crippen LogP contribution in [-0.2, 0) is 10.0 Å². The van der Waals surface area contributed by atoms with Crippen LogP contribution in [0.3, 0.4) is 0 Å². The topological polar surface area (TPSA) is 100 Å². The van der Waals surface area contributed by atoms with Gasteiger partial charge in [0.25, 0.3) is 5.91 Å². The highest BCUT2D eigenvalue weighted by Gasteiger charge is 2.21. The molecule has 0 saturated heterocycles. The molecule has 0 atom stereocenters. The normalized spacial score (nSPS) is 11.6. The molecule has 0 aliphatic rings. The van der Waals surface area contributed by atoms with Crippen LogP contribution in [-0.4, -0.2) is 33.5 Å². The lowest BCUT2D eigenvalue weighted by atomic mass is 10.2. The fraction of sp³-hybridized carbons (Fsp3) is 0.167. The molecule has 1 amide bonds. The summed E-state index contributed by atoms with van der Waals surface area (Å²) in [6, 6.07) is 9.98. The van der Waals surface area contributed by atoms with E-state index in [2.05, 4.69) is 15.0 Å². The quantitative estimate of drug-likeness (QED) is 0.604. The van der Waals surface area contributed by atoms with Gasteiger partial charge in [0.15, 0.2) is 0 Å². The maximum atomic E-state index is 12.7. The fourth-order valence-electron chi connectivity index (χ4n) is 2.70. The first-order valence-electron chi connectivity index (χ1n) is 7.97. The monoisotopic (exact) mass is 407 g/mol. The Bertz CT molecular complexity index is 1140. The van der Waals surface area contributed by atoms with E-state index in [-0.39, 0.29) is 16.3 Å². The van der Waals surface area contributed by atoms with Gasteiger partial charge >= 0.3 is 0 Å². The summed E-state index contributed by atoms with van der Waals surface area (Å²) in [6.07, 6.45) is 0. The average molecular weight is 408 g/mol. The molecule has 27 heavy (non-hydrogen) atoms. The third kappa shape index (κ3) is 3.64. The van der Waals surface area contributed by atoms with E-state index >= 15 is 0 Å². The second-order valence-corrected chi connectivity index (χ2v) is 8.12. The molecule has 2 aromatic carbocycles. The average Bonchev–Trinajstić information content (AvgIpc) is 2.98. The third-order valence-electron chi connectivity index (χ3n) is 4.10. The summed E-state index contributed by atoms with van der Waals surface area (Å²) < 4.78 is 31.6. The lowest BCUT2D eigenvalue weighted by Gasteiger charge is -2.11. The van der Waals surface area contributed by atoms with Gasteiger partial charge < -0.3 is 15.0 Å². The van der Waals surface area contributed by atoms with Gasteiger partial charge in [0.05, 0.1) is 12.1 Å². The molecule has 142 valence electrons. The fourth-order valence-corrected chi connectivity index (χ4v) is 3.91. The van der Waals surface area contributed by atoms with Gasteiger partial charge in [-0.3, -0.25) is 4.79 Å². The number of halogens is 1. The molecule has 3 aromatic rings. The maximum Gasteiger partial charge on any atom is 0.273 e. The number of nitrogens with one attached hydrogen (secondary N) is 3. The predicted octanol–water partition coefficient (Wildman–Crippen LogP) is 3.30. The van der Waals surface area contributed by atoms with E-state index in [0.717, 1.165) is 16.5 Å². The Morgan fingerprint density at radius 3 is 2.59 bits per heavy atom. The van der Waals surface area contributed by atoms with Crippen molar-refractivity contribution in [3.63, 3.8) is 0 Å². The minimum atomic E-state index is -3.76. The number of benzene rings is 2. The van der Waals surface area contributed by atoms with Crippen molar-refractivity contribution in [2.24, 2.45) is 0 Å². The number of sulfonamides is 1. The molecule has 0 saturated carbocycles. The van der Waals surface area contributed by atoms with Crippen LogP contribution >= 0.6 is 11.6 Å². The van der Waals surface area contributed by atoms with E-state index < -0.39 is 15.9 Å². The minimum Gasteiger partial charge on any atom is -0.495 e. The van der Waals surface area contributed by atoms with E-state index in [4.69, 9.17) is 16.3 Å². The molecule has 1 aromatic heterocycles. The van der Waals surface area contributed by atoms with E-state index in [9.17, 15) is 13.2 Å². The number of aryl methyl sites for hydroxylation is 1. The Labute approximate surface area is 161 Å². The number of H-pyrrole nitrogens is 1. The highest BCUT2D eigenvalue weighted by molar-refractivity contribution is 7.89. The van der Waals surface area contributed by atoms with Crippen LogP contribution in [0.4, 0.5) is 5.69 Å². The number of carbonyl (C=O) groups excluding carboxylic acids is 1. The second kappa shape index (κ2) is 7.22. The van der Waals surface area contributed by atoms with Crippen molar-refractivity contribution < 1.29 is 17.9 Å². The summed E-state index contributed by atoms with van der Waals surface area (Å²) in [5.41, 5.74) is 2.25. The SMILES string of the molecule is CNS(=O)(=O)c1cc(NC(=O)c2[nH]c3ccc(C)cc3c2Cl)ccc1OC. The van der Waals surface area contributed by atoms with Crippen molar-refractivity contribution >= 4 is 44.1 Å². The standard InChI is InChI=1S/C18H18ClN3O4S/c1-10-4-6-13-12(8-10)16(19)17(22-13)18(23)21-11-5-7-14(26-3)15(9-11)27(24,25)20-2/h4-9,20,22H,1-3H3,(H,21,23). The van der Waals surface area contributed by atoms with Gasteiger partial charge in [-0.25, -0.2) is 13.1 Å². The van der Waals surface area contributed by atoms with Crippen LogP contribution in [0.5, 0.6) is 5.75 Å². The maximum absolute atomic E-state index is 12.7. The number of hydrogen-bond donors (Lipinski definition) is 3. The number of amides is 1. The molecule has 0 aliphatic heterocycles. The number of rotatable bonds is 5. The number of methoxy groups -OCH3 is 1. The minimum absolute atomic E-state index is 0.0799. The van der Waals surface area contributed by atoms with Crippen LogP contribution < -0.4 is 14.8 Å². The van der Waals surface area contributed by atoms with E-state index in [0.29, 0.717) is 10.7 Å². The molecule has 3 N–H and O–H groups in total. The molecule has 9 heteroatoms. The van der Waals surface area contributed by atoms with Crippen molar-refractivity contribution in [1.82, 2.24) is 9.71 Å². The summed E-state index contributed by atoms with van der Waals surface area (Å²) in [6.45, 7) is 1.93. The number of aromatic nitrogens is 1. The van der Waals surface area contributed by atoms with Crippen molar-refractivity contribution in [2.75, 3.05) is 19.5 Å². The number of ether oxygens (including phenoxy) is 1. The van der Waals surface area contributed by atoms with Crippen molar-refractivity contribution in [3.05, 3.63) is 52.7 Å². The Balaban J connectivity index is 1.97. The van der Waals surface area contributed by atoms with Crippen LogP contribution in [0.15, 0.2) is 41.3 Å². The molecule has 0 aliphatic carbocycles. The molecule has 0 fully saturated rings.